The van der Waals surface area contributed by atoms with E-state index >= 15 is 0 Å². The molecule has 0 aliphatic carbocycles. The molecule has 228 valence electrons. The first-order valence-corrected chi connectivity index (χ1v) is 15.9. The van der Waals surface area contributed by atoms with Gasteiger partial charge < -0.3 is 28.4 Å². The summed E-state index contributed by atoms with van der Waals surface area (Å²) in [7, 11) is 0. The van der Waals surface area contributed by atoms with Gasteiger partial charge in [-0.2, -0.15) is 0 Å². The first kappa shape index (κ1) is 37.3. The molecule has 7 heteroatoms. The van der Waals surface area contributed by atoms with Crippen molar-refractivity contribution in [3.8, 4) is 0 Å². The molecule has 0 unspecified atom stereocenters. The van der Waals surface area contributed by atoms with E-state index in [1.54, 1.807) is 0 Å². The molecule has 0 N–H and O–H groups in total. The Hall–Kier alpha value is -0.730. The third-order valence-corrected chi connectivity index (χ3v) is 6.36. The highest BCUT2D eigenvalue weighted by Gasteiger charge is 2.01. The number of rotatable bonds is 33. The minimum Gasteiger partial charge on any atom is -0.463 e. The summed E-state index contributed by atoms with van der Waals surface area (Å²) in [6.07, 6.45) is 21.4. The zero-order valence-corrected chi connectivity index (χ0v) is 25.2. The summed E-state index contributed by atoms with van der Waals surface area (Å²) in [4.78, 5) is 11.4. The van der Waals surface area contributed by atoms with Crippen LogP contribution in [-0.2, 0) is 33.2 Å². The molecule has 0 heterocycles. The van der Waals surface area contributed by atoms with Gasteiger partial charge in [-0.15, -0.1) is 0 Å². The second-order valence-electron chi connectivity index (χ2n) is 9.98. The molecule has 0 aromatic rings. The topological polar surface area (TPSA) is 72.5 Å². The van der Waals surface area contributed by atoms with Gasteiger partial charge in [0.1, 0.15) is 6.61 Å². The van der Waals surface area contributed by atoms with Gasteiger partial charge in [0.25, 0.3) is 0 Å². The number of carbonyl (C=O) groups is 1. The molecular formula is C31H62O7. The van der Waals surface area contributed by atoms with Crippen molar-refractivity contribution in [2.45, 2.75) is 123 Å². The fourth-order valence-electron chi connectivity index (χ4n) is 4.01. The maximum atomic E-state index is 11.4. The van der Waals surface area contributed by atoms with Crippen molar-refractivity contribution >= 4 is 5.97 Å². The van der Waals surface area contributed by atoms with Gasteiger partial charge in [-0.25, -0.2) is 0 Å². The summed E-state index contributed by atoms with van der Waals surface area (Å²) < 4.78 is 32.6. The van der Waals surface area contributed by atoms with E-state index in [2.05, 4.69) is 13.8 Å². The van der Waals surface area contributed by atoms with Gasteiger partial charge in [-0.05, 0) is 12.8 Å². The van der Waals surface area contributed by atoms with Crippen LogP contribution in [0.4, 0.5) is 0 Å². The summed E-state index contributed by atoms with van der Waals surface area (Å²) in [5.74, 6) is -0.142. The van der Waals surface area contributed by atoms with Crippen LogP contribution < -0.4 is 0 Å². The number of hydrogen-bond donors (Lipinski definition) is 0. The Morgan fingerprint density at radius 1 is 0.368 bits per heavy atom. The van der Waals surface area contributed by atoms with Crippen LogP contribution in [0.25, 0.3) is 0 Å². The van der Waals surface area contributed by atoms with Crippen LogP contribution >= 0.6 is 0 Å². The number of hydrogen-bond acceptors (Lipinski definition) is 7. The predicted octanol–water partition coefficient (Wildman–Crippen LogP) is 7.28. The molecule has 0 bridgehead atoms. The van der Waals surface area contributed by atoms with E-state index in [0.717, 1.165) is 32.3 Å². The van der Waals surface area contributed by atoms with Gasteiger partial charge in [0.15, 0.2) is 0 Å². The SMILES string of the molecule is CCCCCCCCCCCCCCCOCCOCCOCCOCCOCCOC(=O)CCCCC. The van der Waals surface area contributed by atoms with Crippen LogP contribution in [0, 0.1) is 0 Å². The lowest BCUT2D eigenvalue weighted by molar-refractivity contribution is -0.145. The normalized spacial score (nSPS) is 11.3. The van der Waals surface area contributed by atoms with Crippen LogP contribution in [0.3, 0.4) is 0 Å². The molecule has 0 spiro atoms. The number of carbonyl (C=O) groups excluding carboxylic acids is 1. The van der Waals surface area contributed by atoms with Gasteiger partial charge in [-0.3, -0.25) is 4.79 Å². The largest absolute Gasteiger partial charge is 0.463 e. The maximum absolute atomic E-state index is 11.4. The van der Waals surface area contributed by atoms with E-state index in [1.807, 2.05) is 0 Å². The Balaban J connectivity index is 3.06. The molecule has 0 aromatic carbocycles. The van der Waals surface area contributed by atoms with E-state index in [-0.39, 0.29) is 5.97 Å². The summed E-state index contributed by atoms with van der Waals surface area (Å²) in [5.41, 5.74) is 0. The molecule has 0 aromatic heterocycles. The van der Waals surface area contributed by atoms with Crippen molar-refractivity contribution in [2.24, 2.45) is 0 Å². The van der Waals surface area contributed by atoms with Crippen LogP contribution in [-0.4, -0.2) is 78.6 Å². The molecule has 0 aliphatic heterocycles. The molecule has 0 aliphatic rings. The van der Waals surface area contributed by atoms with Crippen molar-refractivity contribution in [3.63, 3.8) is 0 Å². The highest BCUT2D eigenvalue weighted by atomic mass is 16.6. The molecule has 0 rings (SSSR count). The van der Waals surface area contributed by atoms with Crippen molar-refractivity contribution < 1.29 is 33.2 Å². The first-order valence-electron chi connectivity index (χ1n) is 15.9. The average Bonchev–Trinajstić information content (AvgIpc) is 2.92. The van der Waals surface area contributed by atoms with Gasteiger partial charge in [0, 0.05) is 13.0 Å². The van der Waals surface area contributed by atoms with Crippen molar-refractivity contribution in [1.29, 1.82) is 0 Å². The lowest BCUT2D eigenvalue weighted by Gasteiger charge is -2.08. The van der Waals surface area contributed by atoms with Gasteiger partial charge in [0.05, 0.1) is 59.5 Å². The van der Waals surface area contributed by atoms with E-state index in [4.69, 9.17) is 28.4 Å². The fraction of sp³-hybridized carbons (Fsp3) is 0.968. The second-order valence-corrected chi connectivity index (χ2v) is 9.98. The van der Waals surface area contributed by atoms with Crippen LogP contribution in [0.2, 0.25) is 0 Å². The highest BCUT2D eigenvalue weighted by molar-refractivity contribution is 5.69. The Labute approximate surface area is 235 Å². The monoisotopic (exact) mass is 546 g/mol. The van der Waals surface area contributed by atoms with Gasteiger partial charge in [-0.1, -0.05) is 104 Å². The Morgan fingerprint density at radius 3 is 1.11 bits per heavy atom. The second kappa shape index (κ2) is 34.3. The van der Waals surface area contributed by atoms with Crippen molar-refractivity contribution in [1.82, 2.24) is 0 Å². The standard InChI is InChI=1S/C31H62O7/c1-3-5-7-8-9-10-11-12-13-14-15-16-18-20-33-21-22-34-23-24-35-25-26-36-27-28-37-29-30-38-31(32)19-17-6-4-2/h3-30H2,1-2H3. The summed E-state index contributed by atoms with van der Waals surface area (Å²) >= 11 is 0. The lowest BCUT2D eigenvalue weighted by Crippen LogP contribution is -2.15. The van der Waals surface area contributed by atoms with Gasteiger partial charge in [0.2, 0.25) is 0 Å². The van der Waals surface area contributed by atoms with Crippen molar-refractivity contribution in [3.05, 3.63) is 0 Å². The minimum absolute atomic E-state index is 0.142. The lowest BCUT2D eigenvalue weighted by atomic mass is 10.0. The molecule has 0 saturated heterocycles. The summed E-state index contributed by atoms with van der Waals surface area (Å²) in [6, 6.07) is 0. The molecular weight excluding hydrogens is 484 g/mol. The minimum atomic E-state index is -0.142. The highest BCUT2D eigenvalue weighted by Crippen LogP contribution is 2.12. The zero-order valence-electron chi connectivity index (χ0n) is 25.2. The third kappa shape index (κ3) is 33.3. The summed E-state index contributed by atoms with van der Waals surface area (Å²) in [5, 5.41) is 0. The number of unbranched alkanes of at least 4 members (excludes halogenated alkanes) is 14. The predicted molar refractivity (Wildman–Crippen MR) is 155 cm³/mol. The summed E-state index contributed by atoms with van der Waals surface area (Å²) in [6.45, 7) is 10.4. The molecule has 0 amide bonds. The Morgan fingerprint density at radius 2 is 0.684 bits per heavy atom. The molecule has 0 atom stereocenters. The zero-order chi connectivity index (χ0) is 27.6. The van der Waals surface area contributed by atoms with Crippen molar-refractivity contribution in [2.75, 3.05) is 72.7 Å². The molecule has 0 radical (unpaired) electrons. The Bertz CT molecular complexity index is 448. The molecule has 0 fully saturated rings. The number of ether oxygens (including phenoxy) is 6. The van der Waals surface area contributed by atoms with Crippen LogP contribution in [0.15, 0.2) is 0 Å². The van der Waals surface area contributed by atoms with E-state index < -0.39 is 0 Å². The quantitative estimate of drug-likeness (QED) is 0.0632. The van der Waals surface area contributed by atoms with Crippen LogP contribution in [0.1, 0.15) is 123 Å². The van der Waals surface area contributed by atoms with E-state index in [9.17, 15) is 4.79 Å². The smallest absolute Gasteiger partial charge is 0.305 e. The number of esters is 1. The molecule has 7 nitrogen and oxygen atoms in total. The third-order valence-electron chi connectivity index (χ3n) is 6.36. The first-order chi connectivity index (χ1) is 18.8. The molecule has 38 heavy (non-hydrogen) atoms. The van der Waals surface area contributed by atoms with E-state index in [0.29, 0.717) is 72.5 Å². The van der Waals surface area contributed by atoms with E-state index in [1.165, 1.54) is 77.0 Å². The average molecular weight is 547 g/mol. The van der Waals surface area contributed by atoms with Gasteiger partial charge >= 0.3 is 5.97 Å². The van der Waals surface area contributed by atoms with Crippen LogP contribution in [0.5, 0.6) is 0 Å². The fourth-order valence-corrected chi connectivity index (χ4v) is 4.01. The Kier molecular flexibility index (Phi) is 33.6. The maximum Gasteiger partial charge on any atom is 0.305 e. The molecule has 0 saturated carbocycles.